The summed E-state index contributed by atoms with van der Waals surface area (Å²) < 4.78 is 27.7. The fourth-order valence-electron chi connectivity index (χ4n) is 2.28. The van der Waals surface area contributed by atoms with Gasteiger partial charge in [-0.25, -0.2) is 13.1 Å². The Morgan fingerprint density at radius 3 is 2.11 bits per heavy atom. The first-order valence-electron chi connectivity index (χ1n) is 8.98. The maximum Gasteiger partial charge on any atom is 0.270 e. The number of sulfonamides is 1. The zero-order valence-electron chi connectivity index (χ0n) is 17.3. The molecule has 154 valence electrons. The monoisotopic (exact) mass is 424 g/mol. The van der Waals surface area contributed by atoms with Crippen LogP contribution in [0.15, 0.2) is 28.6 Å². The van der Waals surface area contributed by atoms with Gasteiger partial charge in [0.25, 0.3) is 10.0 Å². The molecule has 2 aromatic rings. The van der Waals surface area contributed by atoms with Crippen LogP contribution in [-0.4, -0.2) is 24.5 Å². The van der Waals surface area contributed by atoms with E-state index in [0.29, 0.717) is 0 Å². The molecule has 1 aromatic heterocycles. The minimum absolute atomic E-state index is 0.0295. The Bertz CT molecular complexity index is 937. The number of nitrogens with one attached hydrogen (secondary N) is 2. The van der Waals surface area contributed by atoms with Crippen LogP contribution in [0.25, 0.3) is 0 Å². The highest BCUT2D eigenvalue weighted by Crippen LogP contribution is 2.26. The second-order valence-electron chi connectivity index (χ2n) is 8.79. The van der Waals surface area contributed by atoms with Crippen LogP contribution in [0.4, 0.5) is 5.13 Å². The van der Waals surface area contributed by atoms with Gasteiger partial charge in [0.2, 0.25) is 15.4 Å². The van der Waals surface area contributed by atoms with Gasteiger partial charge in [-0.1, -0.05) is 77.1 Å². The normalized spacial score (nSPS) is 14.0. The first-order valence-corrected chi connectivity index (χ1v) is 11.3. The average Bonchev–Trinajstić information content (AvgIpc) is 3.02. The number of hydrogen-bond donors (Lipinski definition) is 2. The van der Waals surface area contributed by atoms with E-state index in [4.69, 9.17) is 0 Å². The number of rotatable bonds is 5. The van der Waals surface area contributed by atoms with Crippen molar-refractivity contribution in [3.8, 4) is 0 Å². The second kappa shape index (κ2) is 7.88. The van der Waals surface area contributed by atoms with Crippen molar-refractivity contribution in [2.45, 2.75) is 64.3 Å². The molecule has 0 unspecified atom stereocenters. The van der Waals surface area contributed by atoms with Gasteiger partial charge in [0.05, 0.1) is 0 Å². The SMILES string of the molecule is C[C@H](NS(=O)(=O)c1nnc(NC(=O)C(C)(C)C)s1)c1ccc(C(C)(C)C)cc1. The lowest BCUT2D eigenvalue weighted by Crippen LogP contribution is -2.27. The standard InChI is InChI=1S/C19H28N4O3S2/c1-12(13-8-10-14(11-9-13)18(2,3)4)23-28(25,26)17-22-21-16(27-17)20-15(24)19(5,6)7/h8-12,23H,1-7H3,(H,20,21,24)/t12-/m0/s1. The molecule has 0 fully saturated rings. The molecule has 2 N–H and O–H groups in total. The van der Waals surface area contributed by atoms with Gasteiger partial charge >= 0.3 is 0 Å². The summed E-state index contributed by atoms with van der Waals surface area (Å²) >= 11 is 0.823. The van der Waals surface area contributed by atoms with E-state index in [1.54, 1.807) is 27.7 Å². The zero-order valence-corrected chi connectivity index (χ0v) is 19.0. The van der Waals surface area contributed by atoms with Crippen molar-refractivity contribution in [2.24, 2.45) is 5.41 Å². The Morgan fingerprint density at radius 2 is 1.61 bits per heavy atom. The number of nitrogens with zero attached hydrogens (tertiary/aromatic N) is 2. The molecular weight excluding hydrogens is 396 g/mol. The van der Waals surface area contributed by atoms with Crippen LogP contribution in [-0.2, 0) is 20.2 Å². The summed E-state index contributed by atoms with van der Waals surface area (Å²) in [6.07, 6.45) is 0. The van der Waals surface area contributed by atoms with Gasteiger partial charge in [-0.15, -0.1) is 10.2 Å². The van der Waals surface area contributed by atoms with Crippen LogP contribution >= 0.6 is 11.3 Å². The van der Waals surface area contributed by atoms with E-state index in [9.17, 15) is 13.2 Å². The van der Waals surface area contributed by atoms with Gasteiger partial charge in [-0.05, 0) is 23.5 Å². The van der Waals surface area contributed by atoms with E-state index in [2.05, 4.69) is 41.0 Å². The maximum absolute atomic E-state index is 12.6. The van der Waals surface area contributed by atoms with E-state index < -0.39 is 21.5 Å². The summed E-state index contributed by atoms with van der Waals surface area (Å²) in [7, 11) is -3.85. The largest absolute Gasteiger partial charge is 0.300 e. The Labute approximate surface area is 171 Å². The van der Waals surface area contributed by atoms with Crippen molar-refractivity contribution in [1.82, 2.24) is 14.9 Å². The molecule has 7 nitrogen and oxygen atoms in total. The molecule has 0 saturated heterocycles. The van der Waals surface area contributed by atoms with E-state index in [0.717, 1.165) is 16.9 Å². The summed E-state index contributed by atoms with van der Waals surface area (Å²) in [6.45, 7) is 13.4. The fourth-order valence-corrected chi connectivity index (χ4v) is 4.42. The molecule has 0 aliphatic carbocycles. The molecule has 1 heterocycles. The van der Waals surface area contributed by atoms with Crippen molar-refractivity contribution < 1.29 is 13.2 Å². The number of anilines is 1. The quantitative estimate of drug-likeness (QED) is 0.710. The fraction of sp³-hybridized carbons (Fsp3) is 0.526. The lowest BCUT2D eigenvalue weighted by molar-refractivity contribution is -0.123. The number of carbonyl (C=O) groups is 1. The number of hydrogen-bond acceptors (Lipinski definition) is 6. The highest BCUT2D eigenvalue weighted by molar-refractivity contribution is 7.91. The molecule has 2 rings (SSSR count). The van der Waals surface area contributed by atoms with Crippen molar-refractivity contribution in [1.29, 1.82) is 0 Å². The molecule has 1 amide bonds. The van der Waals surface area contributed by atoms with Gasteiger partial charge in [-0.3, -0.25) is 4.79 Å². The zero-order chi connectivity index (χ0) is 21.3. The number of benzene rings is 1. The maximum atomic E-state index is 12.6. The number of carbonyl (C=O) groups excluding carboxylic acids is 1. The molecule has 0 spiro atoms. The molecule has 0 aliphatic heterocycles. The average molecular weight is 425 g/mol. The third-order valence-corrected chi connectivity index (χ3v) is 6.89. The second-order valence-corrected chi connectivity index (χ2v) is 11.7. The molecule has 28 heavy (non-hydrogen) atoms. The Hall–Kier alpha value is -1.84. The smallest absolute Gasteiger partial charge is 0.270 e. The molecule has 0 radical (unpaired) electrons. The van der Waals surface area contributed by atoms with Gasteiger partial charge in [0, 0.05) is 11.5 Å². The Balaban J connectivity index is 2.12. The van der Waals surface area contributed by atoms with Gasteiger partial charge < -0.3 is 5.32 Å². The predicted octanol–water partition coefficient (Wildman–Crippen LogP) is 3.86. The minimum Gasteiger partial charge on any atom is -0.300 e. The third kappa shape index (κ3) is 5.59. The van der Waals surface area contributed by atoms with E-state index in [-0.39, 0.29) is 20.8 Å². The van der Waals surface area contributed by atoms with E-state index in [1.807, 2.05) is 24.3 Å². The molecule has 1 atom stereocenters. The lowest BCUT2D eigenvalue weighted by atomic mass is 9.86. The first kappa shape index (κ1) is 22.4. The number of aromatic nitrogens is 2. The predicted molar refractivity (Wildman–Crippen MR) is 112 cm³/mol. The molecule has 0 aliphatic rings. The van der Waals surface area contributed by atoms with Crippen molar-refractivity contribution in [3.63, 3.8) is 0 Å². The summed E-state index contributed by atoms with van der Waals surface area (Å²) in [5.74, 6) is -0.257. The van der Waals surface area contributed by atoms with E-state index >= 15 is 0 Å². The van der Waals surface area contributed by atoms with Crippen LogP contribution in [0.1, 0.15) is 65.6 Å². The van der Waals surface area contributed by atoms with Crippen LogP contribution in [0, 0.1) is 5.41 Å². The van der Waals surface area contributed by atoms with Crippen LogP contribution in [0.2, 0.25) is 0 Å². The van der Waals surface area contributed by atoms with Crippen LogP contribution in [0.5, 0.6) is 0 Å². The summed E-state index contributed by atoms with van der Waals surface area (Å²) in [6, 6.07) is 7.41. The molecule has 0 saturated carbocycles. The molecule has 9 heteroatoms. The topological polar surface area (TPSA) is 101 Å². The number of amides is 1. The first-order chi connectivity index (χ1) is 12.7. The summed E-state index contributed by atoms with van der Waals surface area (Å²) in [4.78, 5) is 12.0. The Morgan fingerprint density at radius 1 is 1.04 bits per heavy atom. The molecule has 0 bridgehead atoms. The highest BCUT2D eigenvalue weighted by Gasteiger charge is 2.26. The lowest BCUT2D eigenvalue weighted by Gasteiger charge is -2.20. The Kier molecular flexibility index (Phi) is 6.32. The molecular formula is C19H28N4O3S2. The van der Waals surface area contributed by atoms with Crippen molar-refractivity contribution in [3.05, 3.63) is 35.4 Å². The summed E-state index contributed by atoms with van der Waals surface area (Å²) in [5, 5.41) is 10.2. The van der Waals surface area contributed by atoms with Crippen molar-refractivity contribution >= 4 is 32.4 Å². The van der Waals surface area contributed by atoms with Gasteiger partial charge in [0.15, 0.2) is 0 Å². The van der Waals surface area contributed by atoms with Crippen LogP contribution < -0.4 is 10.0 Å². The highest BCUT2D eigenvalue weighted by atomic mass is 32.2. The van der Waals surface area contributed by atoms with Gasteiger partial charge in [0.1, 0.15) is 0 Å². The third-order valence-electron chi connectivity index (χ3n) is 4.15. The van der Waals surface area contributed by atoms with Crippen molar-refractivity contribution in [2.75, 3.05) is 5.32 Å². The summed E-state index contributed by atoms with van der Waals surface area (Å²) in [5.41, 5.74) is 1.44. The minimum atomic E-state index is -3.85. The molecule has 1 aromatic carbocycles. The van der Waals surface area contributed by atoms with E-state index in [1.165, 1.54) is 5.56 Å². The van der Waals surface area contributed by atoms with Crippen LogP contribution in [0.3, 0.4) is 0 Å². The van der Waals surface area contributed by atoms with Gasteiger partial charge in [-0.2, -0.15) is 0 Å².